The SMILES string of the molecule is C#CCn1ccc(C(=O)Nc2csc(C34CO[C@@H](C)C[C@H]3CSC(N)=N4)n2)n1. The Labute approximate surface area is 171 Å². The van der Waals surface area contributed by atoms with Gasteiger partial charge in [-0.3, -0.25) is 9.48 Å². The number of amides is 1. The van der Waals surface area contributed by atoms with E-state index in [2.05, 4.69) is 28.2 Å². The van der Waals surface area contributed by atoms with Gasteiger partial charge in [-0.2, -0.15) is 5.10 Å². The van der Waals surface area contributed by atoms with Gasteiger partial charge in [0.25, 0.3) is 5.91 Å². The molecule has 2 aliphatic rings. The number of rotatable bonds is 4. The van der Waals surface area contributed by atoms with Crippen molar-refractivity contribution in [1.82, 2.24) is 14.8 Å². The van der Waals surface area contributed by atoms with Gasteiger partial charge in [-0.1, -0.05) is 17.7 Å². The second-order valence-electron chi connectivity index (χ2n) is 6.83. The average molecular weight is 417 g/mol. The van der Waals surface area contributed by atoms with Crippen LogP contribution in [0.1, 0.15) is 28.8 Å². The zero-order chi connectivity index (χ0) is 19.7. The van der Waals surface area contributed by atoms with Crippen molar-refractivity contribution < 1.29 is 9.53 Å². The molecule has 0 saturated carbocycles. The monoisotopic (exact) mass is 416 g/mol. The number of thiazole rings is 1. The summed E-state index contributed by atoms with van der Waals surface area (Å²) in [5, 5.41) is 10.1. The predicted octanol–water partition coefficient (Wildman–Crippen LogP) is 1.91. The van der Waals surface area contributed by atoms with Crippen molar-refractivity contribution in [2.75, 3.05) is 17.7 Å². The maximum atomic E-state index is 12.4. The fourth-order valence-corrected chi connectivity index (χ4v) is 5.43. The van der Waals surface area contributed by atoms with E-state index in [0.29, 0.717) is 30.1 Å². The third-order valence-electron chi connectivity index (χ3n) is 4.86. The molecular formula is C18H20N6O2S2. The van der Waals surface area contributed by atoms with Crippen LogP contribution in [0.5, 0.6) is 0 Å². The summed E-state index contributed by atoms with van der Waals surface area (Å²) in [6.45, 7) is 2.83. The summed E-state index contributed by atoms with van der Waals surface area (Å²) in [6.07, 6.45) is 8.02. The van der Waals surface area contributed by atoms with Crippen LogP contribution >= 0.6 is 23.1 Å². The number of nitrogens with two attached hydrogens (primary N) is 1. The fraction of sp³-hybridized carbons (Fsp3) is 0.444. The van der Waals surface area contributed by atoms with Gasteiger partial charge in [0.05, 0.1) is 12.7 Å². The van der Waals surface area contributed by atoms with Gasteiger partial charge in [-0.05, 0) is 19.4 Å². The molecule has 1 unspecified atom stereocenters. The number of nitrogens with zero attached hydrogens (tertiary/aromatic N) is 4. The van der Waals surface area contributed by atoms with Crippen LogP contribution in [-0.2, 0) is 16.8 Å². The highest BCUT2D eigenvalue weighted by molar-refractivity contribution is 8.13. The Bertz CT molecular complexity index is 961. The summed E-state index contributed by atoms with van der Waals surface area (Å²) in [5.74, 6) is 3.79. The van der Waals surface area contributed by atoms with Crippen molar-refractivity contribution in [3.8, 4) is 12.3 Å². The molecule has 3 N–H and O–H groups in total. The van der Waals surface area contributed by atoms with Crippen LogP contribution in [0.2, 0.25) is 0 Å². The number of carbonyl (C=O) groups excluding carboxylic acids is 1. The number of amidine groups is 1. The summed E-state index contributed by atoms with van der Waals surface area (Å²) >= 11 is 3.03. The van der Waals surface area contributed by atoms with Gasteiger partial charge in [0.2, 0.25) is 0 Å². The number of anilines is 1. The first kappa shape index (κ1) is 19.0. The van der Waals surface area contributed by atoms with E-state index in [1.165, 1.54) is 16.0 Å². The molecule has 0 radical (unpaired) electrons. The number of hydrogen-bond donors (Lipinski definition) is 2. The fourth-order valence-electron chi connectivity index (χ4n) is 3.45. The van der Waals surface area contributed by atoms with Crippen molar-refractivity contribution >= 4 is 40.0 Å². The van der Waals surface area contributed by atoms with E-state index >= 15 is 0 Å². The lowest BCUT2D eigenvalue weighted by molar-refractivity contribution is -0.0466. The van der Waals surface area contributed by atoms with Crippen LogP contribution in [0, 0.1) is 18.3 Å². The molecule has 146 valence electrons. The molecule has 3 atom stereocenters. The molecule has 10 heteroatoms. The molecule has 4 heterocycles. The first-order chi connectivity index (χ1) is 13.5. The number of aromatic nitrogens is 3. The van der Waals surface area contributed by atoms with Crippen molar-refractivity contribution in [1.29, 1.82) is 0 Å². The lowest BCUT2D eigenvalue weighted by atomic mass is 9.80. The first-order valence-corrected chi connectivity index (χ1v) is 10.7. The van der Waals surface area contributed by atoms with Crippen molar-refractivity contribution in [2.24, 2.45) is 16.6 Å². The van der Waals surface area contributed by atoms with Crippen LogP contribution in [0.4, 0.5) is 5.82 Å². The second-order valence-corrected chi connectivity index (χ2v) is 8.73. The van der Waals surface area contributed by atoms with Gasteiger partial charge in [-0.25, -0.2) is 9.98 Å². The van der Waals surface area contributed by atoms with Crippen LogP contribution < -0.4 is 11.1 Å². The van der Waals surface area contributed by atoms with E-state index in [1.54, 1.807) is 24.0 Å². The third-order valence-corrected chi connectivity index (χ3v) is 6.83. The Morgan fingerprint density at radius 1 is 1.61 bits per heavy atom. The topological polar surface area (TPSA) is 107 Å². The highest BCUT2D eigenvalue weighted by atomic mass is 32.2. The quantitative estimate of drug-likeness (QED) is 0.737. The number of terminal acetylenes is 1. The molecular weight excluding hydrogens is 396 g/mol. The minimum atomic E-state index is -0.580. The molecule has 2 aliphatic heterocycles. The Kier molecular flexibility index (Phi) is 5.14. The van der Waals surface area contributed by atoms with Gasteiger partial charge in [-0.15, -0.1) is 17.8 Å². The number of nitrogens with one attached hydrogen (secondary N) is 1. The number of aliphatic imine (C=N–C) groups is 1. The second kappa shape index (κ2) is 7.58. The zero-order valence-corrected chi connectivity index (χ0v) is 16.9. The first-order valence-electron chi connectivity index (χ1n) is 8.84. The van der Waals surface area contributed by atoms with Crippen LogP contribution in [0.25, 0.3) is 0 Å². The molecule has 4 rings (SSSR count). The number of carbonyl (C=O) groups is 1. The molecule has 1 amide bonds. The van der Waals surface area contributed by atoms with Gasteiger partial charge in [0.1, 0.15) is 22.9 Å². The Hall–Kier alpha value is -2.35. The smallest absolute Gasteiger partial charge is 0.277 e. The largest absolute Gasteiger partial charge is 0.379 e. The van der Waals surface area contributed by atoms with E-state index in [-0.39, 0.29) is 17.7 Å². The van der Waals surface area contributed by atoms with E-state index in [9.17, 15) is 4.79 Å². The Balaban J connectivity index is 1.55. The summed E-state index contributed by atoms with van der Waals surface area (Å²) in [5.41, 5.74) is 5.73. The van der Waals surface area contributed by atoms with Crippen LogP contribution in [-0.4, -0.2) is 44.3 Å². The number of fused-ring (bicyclic) bond motifs is 1. The summed E-state index contributed by atoms with van der Waals surface area (Å²) in [7, 11) is 0. The van der Waals surface area contributed by atoms with Crippen molar-refractivity contribution in [2.45, 2.75) is 31.5 Å². The maximum Gasteiger partial charge on any atom is 0.277 e. The average Bonchev–Trinajstić information content (AvgIpc) is 3.32. The Morgan fingerprint density at radius 2 is 2.46 bits per heavy atom. The molecule has 2 aromatic heterocycles. The zero-order valence-electron chi connectivity index (χ0n) is 15.3. The van der Waals surface area contributed by atoms with Gasteiger partial charge in [0.15, 0.2) is 10.9 Å². The molecule has 0 aromatic carbocycles. The van der Waals surface area contributed by atoms with E-state index in [4.69, 9.17) is 21.9 Å². The van der Waals surface area contributed by atoms with Crippen LogP contribution in [0.3, 0.4) is 0 Å². The molecule has 1 saturated heterocycles. The standard InChI is InChI=1S/C18H20N6O2S2/c1-3-5-24-6-4-13(23-24)15(25)20-14-9-27-16(21-14)18-10-26-11(2)7-12(18)8-28-17(19)22-18/h1,4,6,9,11-12H,5,7-8,10H2,2H3,(H2,19,22)(H,20,25)/t11-,12-,18?/m0/s1. The lowest BCUT2D eigenvalue weighted by Crippen LogP contribution is -2.49. The molecule has 1 fully saturated rings. The summed E-state index contributed by atoms with van der Waals surface area (Å²) in [6, 6.07) is 1.62. The van der Waals surface area contributed by atoms with Crippen LogP contribution in [0.15, 0.2) is 22.6 Å². The van der Waals surface area contributed by atoms with E-state index in [1.807, 2.05) is 5.38 Å². The lowest BCUT2D eigenvalue weighted by Gasteiger charge is -2.44. The molecule has 2 aromatic rings. The third kappa shape index (κ3) is 3.53. The highest BCUT2D eigenvalue weighted by Gasteiger charge is 2.49. The van der Waals surface area contributed by atoms with Gasteiger partial charge >= 0.3 is 0 Å². The molecule has 8 nitrogen and oxygen atoms in total. The molecule has 28 heavy (non-hydrogen) atoms. The van der Waals surface area contributed by atoms with E-state index in [0.717, 1.165) is 17.2 Å². The van der Waals surface area contributed by atoms with Gasteiger partial charge in [0, 0.05) is 23.2 Å². The molecule has 0 bridgehead atoms. The number of hydrogen-bond acceptors (Lipinski definition) is 8. The summed E-state index contributed by atoms with van der Waals surface area (Å²) in [4.78, 5) is 21.8. The molecule has 0 aliphatic carbocycles. The normalized spacial score (nSPS) is 26.8. The van der Waals surface area contributed by atoms with Crippen molar-refractivity contribution in [3.05, 3.63) is 28.3 Å². The number of thioether (sulfide) groups is 1. The Morgan fingerprint density at radius 3 is 3.29 bits per heavy atom. The summed E-state index contributed by atoms with van der Waals surface area (Å²) < 4.78 is 7.45. The maximum absolute atomic E-state index is 12.4. The number of ether oxygens (including phenoxy) is 1. The molecule has 0 spiro atoms. The predicted molar refractivity (Wildman–Crippen MR) is 110 cm³/mol. The highest BCUT2D eigenvalue weighted by Crippen LogP contribution is 2.46. The van der Waals surface area contributed by atoms with Crippen molar-refractivity contribution in [3.63, 3.8) is 0 Å². The minimum Gasteiger partial charge on any atom is -0.379 e. The van der Waals surface area contributed by atoms with E-state index < -0.39 is 5.54 Å². The minimum absolute atomic E-state index is 0.186. The van der Waals surface area contributed by atoms with Gasteiger partial charge < -0.3 is 15.8 Å².